The van der Waals surface area contributed by atoms with Gasteiger partial charge in [-0.2, -0.15) is 0 Å². The highest BCUT2D eigenvalue weighted by atomic mass is 16.5. The molecule has 0 aliphatic rings. The van der Waals surface area contributed by atoms with E-state index in [1.54, 1.807) is 26.6 Å². The molecule has 3 aromatic carbocycles. The summed E-state index contributed by atoms with van der Waals surface area (Å²) >= 11 is 0. The molecule has 0 amide bonds. The normalized spacial score (nSPS) is 11.9. The zero-order valence-electron chi connectivity index (χ0n) is 20.8. The Labute approximate surface area is 215 Å². The molecule has 1 atom stereocenters. The summed E-state index contributed by atoms with van der Waals surface area (Å²) in [5.41, 5.74) is 3.48. The summed E-state index contributed by atoms with van der Waals surface area (Å²) in [6.45, 7) is 0.234. The van der Waals surface area contributed by atoms with Crippen LogP contribution >= 0.6 is 0 Å². The summed E-state index contributed by atoms with van der Waals surface area (Å²) in [7, 11) is 3.31. The molecule has 2 N–H and O–H groups in total. The fourth-order valence-corrected chi connectivity index (χ4v) is 4.40. The van der Waals surface area contributed by atoms with Gasteiger partial charge in [0.2, 0.25) is 5.95 Å². The van der Waals surface area contributed by atoms with Crippen molar-refractivity contribution in [3.8, 4) is 28.1 Å². The molecular formula is C30H28N4O3. The molecule has 2 aromatic heterocycles. The van der Waals surface area contributed by atoms with Crippen LogP contribution in [-0.4, -0.2) is 39.4 Å². The lowest BCUT2D eigenvalue weighted by Gasteiger charge is -2.18. The Bertz CT molecular complexity index is 1580. The number of nitrogens with zero attached hydrogens (tertiary/aromatic N) is 3. The highest BCUT2D eigenvalue weighted by Crippen LogP contribution is 2.30. The maximum atomic E-state index is 13.7. The number of aromatic nitrogens is 3. The minimum atomic E-state index is -0.671. The van der Waals surface area contributed by atoms with Crippen LogP contribution in [0.25, 0.3) is 33.2 Å². The molecule has 186 valence electrons. The van der Waals surface area contributed by atoms with Gasteiger partial charge in [-0.05, 0) is 52.2 Å². The SMILES string of the molecule is COc1ccc(CC(O)CNc2nc(-c3ccncc3)c(-c3ccc4ccccc4c3)c(=O)n2C)cc1. The second-order valence-corrected chi connectivity index (χ2v) is 8.91. The summed E-state index contributed by atoms with van der Waals surface area (Å²) in [6, 6.07) is 25.3. The van der Waals surface area contributed by atoms with Crippen LogP contribution in [0, 0.1) is 0 Å². The molecule has 5 aromatic rings. The monoisotopic (exact) mass is 492 g/mol. The predicted molar refractivity (Wildman–Crippen MR) is 147 cm³/mol. The van der Waals surface area contributed by atoms with E-state index in [9.17, 15) is 9.90 Å². The zero-order valence-corrected chi connectivity index (χ0v) is 20.8. The van der Waals surface area contributed by atoms with Gasteiger partial charge in [0.1, 0.15) is 5.75 Å². The quantitative estimate of drug-likeness (QED) is 0.327. The van der Waals surface area contributed by atoms with Gasteiger partial charge in [0, 0.05) is 38.0 Å². The van der Waals surface area contributed by atoms with Gasteiger partial charge >= 0.3 is 0 Å². The van der Waals surface area contributed by atoms with Gasteiger partial charge in [0.05, 0.1) is 24.5 Å². The molecule has 7 nitrogen and oxygen atoms in total. The van der Waals surface area contributed by atoms with Gasteiger partial charge in [0.25, 0.3) is 5.56 Å². The van der Waals surface area contributed by atoms with E-state index in [1.165, 1.54) is 4.57 Å². The number of aliphatic hydroxyl groups excluding tert-OH is 1. The molecule has 0 saturated carbocycles. The Kier molecular flexibility index (Phi) is 6.96. The number of methoxy groups -OCH3 is 1. The van der Waals surface area contributed by atoms with Gasteiger partial charge in [-0.25, -0.2) is 4.98 Å². The summed E-state index contributed by atoms with van der Waals surface area (Å²) < 4.78 is 6.69. The maximum Gasteiger partial charge on any atom is 0.263 e. The zero-order chi connectivity index (χ0) is 25.8. The van der Waals surface area contributed by atoms with Gasteiger partial charge in [-0.15, -0.1) is 0 Å². The van der Waals surface area contributed by atoms with Crippen LogP contribution in [0.2, 0.25) is 0 Å². The molecule has 0 bridgehead atoms. The summed E-state index contributed by atoms with van der Waals surface area (Å²) in [5.74, 6) is 1.15. The van der Waals surface area contributed by atoms with E-state index in [0.717, 1.165) is 33.2 Å². The summed E-state index contributed by atoms with van der Waals surface area (Å²) in [4.78, 5) is 22.7. The maximum absolute atomic E-state index is 13.7. The Morgan fingerprint density at radius 2 is 1.68 bits per heavy atom. The number of aliphatic hydroxyl groups is 1. The van der Waals surface area contributed by atoms with Gasteiger partial charge in [0.15, 0.2) is 0 Å². The fourth-order valence-electron chi connectivity index (χ4n) is 4.40. The van der Waals surface area contributed by atoms with Gasteiger partial charge in [-0.3, -0.25) is 14.3 Å². The molecule has 0 radical (unpaired) electrons. The number of benzene rings is 3. The number of rotatable bonds is 8. The second-order valence-electron chi connectivity index (χ2n) is 8.91. The van der Waals surface area contributed by atoms with E-state index in [4.69, 9.17) is 9.72 Å². The first kappa shape index (κ1) is 24.2. The van der Waals surface area contributed by atoms with Crippen LogP contribution < -0.4 is 15.6 Å². The fraction of sp³-hybridized carbons (Fsp3) is 0.167. The van der Waals surface area contributed by atoms with E-state index < -0.39 is 6.10 Å². The molecule has 5 rings (SSSR count). The van der Waals surface area contributed by atoms with Crippen LogP contribution in [0.5, 0.6) is 5.75 Å². The average molecular weight is 493 g/mol. The molecule has 37 heavy (non-hydrogen) atoms. The molecule has 0 saturated heterocycles. The van der Waals surface area contributed by atoms with Crippen molar-refractivity contribution in [1.29, 1.82) is 0 Å². The minimum absolute atomic E-state index is 0.177. The summed E-state index contributed by atoms with van der Waals surface area (Å²) in [6.07, 6.45) is 3.15. The van der Waals surface area contributed by atoms with Crippen LogP contribution in [0.3, 0.4) is 0 Å². The van der Waals surface area contributed by atoms with Crippen molar-refractivity contribution in [2.45, 2.75) is 12.5 Å². The highest BCUT2D eigenvalue weighted by Gasteiger charge is 2.19. The lowest BCUT2D eigenvalue weighted by atomic mass is 9.98. The first-order chi connectivity index (χ1) is 18.0. The van der Waals surface area contributed by atoms with Crippen molar-refractivity contribution >= 4 is 16.7 Å². The van der Waals surface area contributed by atoms with Crippen molar-refractivity contribution in [2.24, 2.45) is 7.05 Å². The molecule has 0 aliphatic heterocycles. The number of fused-ring (bicyclic) bond motifs is 1. The van der Waals surface area contributed by atoms with E-state index in [-0.39, 0.29) is 12.1 Å². The molecule has 0 spiro atoms. The van der Waals surface area contributed by atoms with Crippen molar-refractivity contribution in [2.75, 3.05) is 19.0 Å². The van der Waals surface area contributed by atoms with Gasteiger partial charge < -0.3 is 15.2 Å². The predicted octanol–water partition coefficient (Wildman–Crippen LogP) is 4.69. The third-order valence-corrected chi connectivity index (χ3v) is 6.41. The summed E-state index contributed by atoms with van der Waals surface area (Å²) in [5, 5.41) is 16.0. The lowest BCUT2D eigenvalue weighted by Crippen LogP contribution is -2.29. The van der Waals surface area contributed by atoms with Crippen LogP contribution in [0.4, 0.5) is 5.95 Å². The van der Waals surface area contributed by atoms with E-state index in [2.05, 4.69) is 10.3 Å². The highest BCUT2D eigenvalue weighted by molar-refractivity contribution is 5.90. The first-order valence-corrected chi connectivity index (χ1v) is 12.1. The second kappa shape index (κ2) is 10.6. The van der Waals surface area contributed by atoms with Crippen molar-refractivity contribution in [3.63, 3.8) is 0 Å². The Balaban J connectivity index is 1.48. The third kappa shape index (κ3) is 5.22. The van der Waals surface area contributed by atoms with Crippen LogP contribution in [-0.2, 0) is 13.5 Å². The number of pyridine rings is 1. The number of ether oxygens (including phenoxy) is 1. The molecule has 1 unspecified atom stereocenters. The molecule has 0 aliphatic carbocycles. The minimum Gasteiger partial charge on any atom is -0.497 e. The van der Waals surface area contributed by atoms with Crippen LogP contribution in [0.15, 0.2) is 96.1 Å². The van der Waals surface area contributed by atoms with E-state index >= 15 is 0 Å². The molecule has 2 heterocycles. The third-order valence-electron chi connectivity index (χ3n) is 6.41. The van der Waals surface area contributed by atoms with E-state index in [1.807, 2.05) is 78.9 Å². The van der Waals surface area contributed by atoms with Crippen LogP contribution in [0.1, 0.15) is 5.56 Å². The topological polar surface area (TPSA) is 89.3 Å². The Morgan fingerprint density at radius 3 is 2.41 bits per heavy atom. The molecule has 7 heteroatoms. The van der Waals surface area contributed by atoms with E-state index in [0.29, 0.717) is 23.6 Å². The largest absolute Gasteiger partial charge is 0.497 e. The Hall–Kier alpha value is -4.49. The average Bonchev–Trinajstić information content (AvgIpc) is 2.94. The number of anilines is 1. The number of hydrogen-bond acceptors (Lipinski definition) is 6. The van der Waals surface area contributed by atoms with Crippen molar-refractivity contribution in [3.05, 3.63) is 107 Å². The Morgan fingerprint density at radius 1 is 0.946 bits per heavy atom. The molecular weight excluding hydrogens is 464 g/mol. The van der Waals surface area contributed by atoms with Crippen molar-refractivity contribution in [1.82, 2.24) is 14.5 Å². The standard InChI is InChI=1S/C30H28N4O3/c1-34-29(36)27(24-10-9-21-5-3-4-6-23(21)18-24)28(22-13-15-31-16-14-22)33-30(34)32-19-25(35)17-20-7-11-26(37-2)12-8-20/h3-16,18,25,35H,17,19H2,1-2H3,(H,32,33). The van der Waals surface area contributed by atoms with Gasteiger partial charge in [-0.1, -0.05) is 48.5 Å². The molecule has 0 fully saturated rings. The lowest BCUT2D eigenvalue weighted by molar-refractivity contribution is 0.187. The number of nitrogens with one attached hydrogen (secondary N) is 1. The number of hydrogen-bond donors (Lipinski definition) is 2. The van der Waals surface area contributed by atoms with Crippen molar-refractivity contribution < 1.29 is 9.84 Å². The first-order valence-electron chi connectivity index (χ1n) is 12.1. The smallest absolute Gasteiger partial charge is 0.263 e.